The number of hydrogen-bond donors (Lipinski definition) is 2. The molecule has 1 saturated carbocycles. The molecule has 23 heavy (non-hydrogen) atoms. The Morgan fingerprint density at radius 3 is 2.39 bits per heavy atom. The molecule has 126 valence electrons. The number of rotatable bonds is 2. The van der Waals surface area contributed by atoms with E-state index in [9.17, 15) is 9.59 Å². The summed E-state index contributed by atoms with van der Waals surface area (Å²) in [6.07, 6.45) is 5.86. The van der Waals surface area contributed by atoms with Crippen molar-refractivity contribution in [3.8, 4) is 0 Å². The Morgan fingerprint density at radius 1 is 1.13 bits per heavy atom. The molecular weight excluding hydrogens is 294 g/mol. The summed E-state index contributed by atoms with van der Waals surface area (Å²) in [6, 6.07) is 2.09. The maximum absolute atomic E-state index is 12.3. The second-order valence-corrected chi connectivity index (χ2v) is 6.50. The molecule has 1 aliphatic heterocycles. The Bertz CT molecular complexity index is 557. The van der Waals surface area contributed by atoms with Gasteiger partial charge in [0.2, 0.25) is 0 Å². The number of aryl methyl sites for hydroxylation is 1. The zero-order valence-corrected chi connectivity index (χ0v) is 13.7. The third-order valence-electron chi connectivity index (χ3n) is 4.71. The minimum atomic E-state index is -0.0679. The van der Waals surface area contributed by atoms with E-state index in [1.165, 1.54) is 19.3 Å². The molecule has 3 amide bonds. The van der Waals surface area contributed by atoms with E-state index in [2.05, 4.69) is 15.5 Å². The summed E-state index contributed by atoms with van der Waals surface area (Å²) in [7, 11) is 0. The van der Waals surface area contributed by atoms with Crippen LogP contribution in [0.25, 0.3) is 0 Å². The number of H-pyrrole nitrogens is 1. The smallest absolute Gasteiger partial charge is 0.317 e. The molecule has 2 N–H and O–H groups in total. The lowest BCUT2D eigenvalue weighted by Gasteiger charge is -2.35. The van der Waals surface area contributed by atoms with Gasteiger partial charge in [-0.2, -0.15) is 5.10 Å². The molecule has 3 rings (SSSR count). The third-order valence-corrected chi connectivity index (χ3v) is 4.71. The van der Waals surface area contributed by atoms with Gasteiger partial charge in [0.25, 0.3) is 5.91 Å². The minimum Gasteiger partial charge on any atom is -0.335 e. The van der Waals surface area contributed by atoms with Crippen LogP contribution in [0.2, 0.25) is 0 Å². The molecule has 1 aromatic heterocycles. The summed E-state index contributed by atoms with van der Waals surface area (Å²) in [5.41, 5.74) is 1.32. The number of aromatic amines is 1. The second kappa shape index (κ2) is 7.02. The Morgan fingerprint density at radius 2 is 1.78 bits per heavy atom. The van der Waals surface area contributed by atoms with Crippen molar-refractivity contribution >= 4 is 11.9 Å². The summed E-state index contributed by atoms with van der Waals surface area (Å²) in [6.45, 7) is 4.14. The molecule has 2 fully saturated rings. The van der Waals surface area contributed by atoms with Crippen molar-refractivity contribution in [2.24, 2.45) is 0 Å². The molecule has 7 heteroatoms. The average molecular weight is 319 g/mol. The number of hydrogen-bond acceptors (Lipinski definition) is 3. The van der Waals surface area contributed by atoms with Crippen LogP contribution < -0.4 is 5.32 Å². The molecule has 1 saturated heterocycles. The lowest BCUT2D eigenvalue weighted by Crippen LogP contribution is -2.54. The first-order valence-corrected chi connectivity index (χ1v) is 8.50. The number of nitrogens with zero attached hydrogens (tertiary/aromatic N) is 3. The molecule has 0 aromatic carbocycles. The highest BCUT2D eigenvalue weighted by Gasteiger charge is 2.27. The summed E-state index contributed by atoms with van der Waals surface area (Å²) >= 11 is 0. The second-order valence-electron chi connectivity index (χ2n) is 6.50. The van der Waals surface area contributed by atoms with Gasteiger partial charge in [0.15, 0.2) is 0 Å². The number of nitrogens with one attached hydrogen (secondary N) is 2. The first-order chi connectivity index (χ1) is 11.1. The third kappa shape index (κ3) is 3.83. The SMILES string of the molecule is Cc1cc(C(=O)N2CCN(C(=O)NC3CCCCC3)CC2)n[nH]1. The molecule has 1 aromatic rings. The Balaban J connectivity index is 1.47. The predicted octanol–water partition coefficient (Wildman–Crippen LogP) is 1.52. The van der Waals surface area contributed by atoms with E-state index in [0.29, 0.717) is 37.9 Å². The number of aromatic nitrogens is 2. The van der Waals surface area contributed by atoms with Gasteiger partial charge in [-0.05, 0) is 25.8 Å². The molecule has 0 unspecified atom stereocenters. The van der Waals surface area contributed by atoms with Crippen LogP contribution >= 0.6 is 0 Å². The van der Waals surface area contributed by atoms with Gasteiger partial charge in [0.1, 0.15) is 5.69 Å². The van der Waals surface area contributed by atoms with Gasteiger partial charge in [0.05, 0.1) is 0 Å². The maximum Gasteiger partial charge on any atom is 0.317 e. The molecule has 7 nitrogen and oxygen atoms in total. The normalized spacial score (nSPS) is 19.7. The number of amides is 3. The number of urea groups is 1. The van der Waals surface area contributed by atoms with Crippen LogP contribution in [0.1, 0.15) is 48.3 Å². The fraction of sp³-hybridized carbons (Fsp3) is 0.688. The maximum atomic E-state index is 12.3. The van der Waals surface area contributed by atoms with Crippen molar-refractivity contribution in [1.29, 1.82) is 0 Å². The highest BCUT2D eigenvalue weighted by Crippen LogP contribution is 2.18. The van der Waals surface area contributed by atoms with Gasteiger partial charge in [-0.3, -0.25) is 9.89 Å². The first kappa shape index (κ1) is 15.8. The van der Waals surface area contributed by atoms with Crippen molar-refractivity contribution < 1.29 is 9.59 Å². The van der Waals surface area contributed by atoms with Gasteiger partial charge in [-0.1, -0.05) is 19.3 Å². The van der Waals surface area contributed by atoms with Crippen molar-refractivity contribution in [3.05, 3.63) is 17.5 Å². The standard InChI is InChI=1S/C16H25N5O2/c1-12-11-14(19-18-12)15(22)20-7-9-21(10-8-20)16(23)17-13-5-3-2-4-6-13/h11,13H,2-10H2,1H3,(H,17,23)(H,18,19). The largest absolute Gasteiger partial charge is 0.335 e. The quantitative estimate of drug-likeness (QED) is 0.867. The molecular formula is C16H25N5O2. The Hall–Kier alpha value is -2.05. The van der Waals surface area contributed by atoms with E-state index < -0.39 is 0 Å². The van der Waals surface area contributed by atoms with Crippen LogP contribution in [-0.2, 0) is 0 Å². The fourth-order valence-corrected chi connectivity index (χ4v) is 3.32. The van der Waals surface area contributed by atoms with Crippen LogP contribution in [0, 0.1) is 6.92 Å². The van der Waals surface area contributed by atoms with E-state index in [1.807, 2.05) is 11.8 Å². The van der Waals surface area contributed by atoms with Crippen molar-refractivity contribution in [2.45, 2.75) is 45.1 Å². The van der Waals surface area contributed by atoms with Crippen LogP contribution in [0.3, 0.4) is 0 Å². The van der Waals surface area contributed by atoms with Gasteiger partial charge in [-0.15, -0.1) is 0 Å². The molecule has 0 atom stereocenters. The van der Waals surface area contributed by atoms with Crippen LogP contribution in [-0.4, -0.2) is 64.2 Å². The predicted molar refractivity (Wildman–Crippen MR) is 86.2 cm³/mol. The van der Waals surface area contributed by atoms with E-state index in [1.54, 1.807) is 11.0 Å². The molecule has 0 spiro atoms. The molecule has 0 radical (unpaired) electrons. The summed E-state index contributed by atoms with van der Waals surface area (Å²) in [4.78, 5) is 28.2. The summed E-state index contributed by atoms with van der Waals surface area (Å²) < 4.78 is 0. The van der Waals surface area contributed by atoms with Gasteiger partial charge in [0, 0.05) is 37.9 Å². The summed E-state index contributed by atoms with van der Waals surface area (Å²) in [5.74, 6) is -0.0679. The molecule has 2 heterocycles. The number of piperazine rings is 1. The van der Waals surface area contributed by atoms with Crippen LogP contribution in [0.4, 0.5) is 4.79 Å². The van der Waals surface area contributed by atoms with Gasteiger partial charge in [-0.25, -0.2) is 4.79 Å². The minimum absolute atomic E-state index is 0.0135. The molecule has 2 aliphatic rings. The molecule has 1 aliphatic carbocycles. The van der Waals surface area contributed by atoms with Crippen molar-refractivity contribution in [2.75, 3.05) is 26.2 Å². The van der Waals surface area contributed by atoms with Crippen molar-refractivity contribution in [3.63, 3.8) is 0 Å². The Kier molecular flexibility index (Phi) is 4.83. The van der Waals surface area contributed by atoms with E-state index in [0.717, 1.165) is 18.5 Å². The number of carbonyl (C=O) groups is 2. The first-order valence-electron chi connectivity index (χ1n) is 8.50. The van der Waals surface area contributed by atoms with Crippen molar-refractivity contribution in [1.82, 2.24) is 25.3 Å². The summed E-state index contributed by atoms with van der Waals surface area (Å²) in [5, 5.41) is 9.94. The average Bonchev–Trinajstić information content (AvgIpc) is 3.02. The van der Waals surface area contributed by atoms with E-state index in [4.69, 9.17) is 0 Å². The van der Waals surface area contributed by atoms with Gasteiger partial charge >= 0.3 is 6.03 Å². The van der Waals surface area contributed by atoms with E-state index >= 15 is 0 Å². The van der Waals surface area contributed by atoms with E-state index in [-0.39, 0.29) is 11.9 Å². The monoisotopic (exact) mass is 319 g/mol. The lowest BCUT2D eigenvalue weighted by atomic mass is 9.96. The zero-order valence-electron chi connectivity index (χ0n) is 13.7. The van der Waals surface area contributed by atoms with Crippen LogP contribution in [0.15, 0.2) is 6.07 Å². The lowest BCUT2D eigenvalue weighted by molar-refractivity contribution is 0.0656. The highest BCUT2D eigenvalue weighted by atomic mass is 16.2. The van der Waals surface area contributed by atoms with Crippen LogP contribution in [0.5, 0.6) is 0 Å². The zero-order chi connectivity index (χ0) is 16.2. The number of carbonyl (C=O) groups excluding carboxylic acids is 2. The fourth-order valence-electron chi connectivity index (χ4n) is 3.32. The van der Waals surface area contributed by atoms with Gasteiger partial charge < -0.3 is 15.1 Å². The highest BCUT2D eigenvalue weighted by molar-refractivity contribution is 5.92. The Labute approximate surface area is 136 Å². The topological polar surface area (TPSA) is 81.3 Å². The molecule has 0 bridgehead atoms.